The molecule has 0 spiro atoms. The van der Waals surface area contributed by atoms with E-state index in [9.17, 15) is 26.3 Å². The molecule has 0 heterocycles. The van der Waals surface area contributed by atoms with Crippen molar-refractivity contribution in [2.24, 2.45) is 0 Å². The first-order valence-electron chi connectivity index (χ1n) is 7.27. The quantitative estimate of drug-likeness (QED) is 0.702. The average Bonchev–Trinajstić information content (AvgIpc) is 2.54. The standard InChI is InChI=1S/C17H16F6O2/c1-24-13-7-3-11(4-8-13)15(16(18,19)20,17(21,22)23)12-5-9-14(25-2)10-6-12/h3-9,14H,10H2,1-2H3. The van der Waals surface area contributed by atoms with Gasteiger partial charge in [0.05, 0.1) is 13.2 Å². The van der Waals surface area contributed by atoms with Gasteiger partial charge in [-0.15, -0.1) is 0 Å². The lowest BCUT2D eigenvalue weighted by Gasteiger charge is -2.40. The zero-order valence-electron chi connectivity index (χ0n) is 13.4. The van der Waals surface area contributed by atoms with Crippen molar-refractivity contribution in [2.75, 3.05) is 14.2 Å². The highest BCUT2D eigenvalue weighted by Crippen LogP contribution is 2.57. The highest BCUT2D eigenvalue weighted by atomic mass is 19.4. The molecule has 8 heteroatoms. The molecule has 0 aromatic heterocycles. The Morgan fingerprint density at radius 2 is 1.48 bits per heavy atom. The lowest BCUT2D eigenvalue weighted by Crippen LogP contribution is -2.55. The predicted octanol–water partition coefficient (Wildman–Crippen LogP) is 4.96. The molecule has 0 bridgehead atoms. The van der Waals surface area contributed by atoms with Crippen LogP contribution in [0.3, 0.4) is 0 Å². The molecular formula is C17H16F6O2. The molecule has 1 aromatic carbocycles. The highest BCUT2D eigenvalue weighted by molar-refractivity contribution is 5.49. The van der Waals surface area contributed by atoms with E-state index in [-0.39, 0.29) is 12.2 Å². The number of halogens is 6. The van der Waals surface area contributed by atoms with Gasteiger partial charge in [0.1, 0.15) is 5.75 Å². The summed E-state index contributed by atoms with van der Waals surface area (Å²) in [5.74, 6) is 0.162. The fraction of sp³-hybridized carbons (Fsp3) is 0.412. The summed E-state index contributed by atoms with van der Waals surface area (Å²) >= 11 is 0. The van der Waals surface area contributed by atoms with E-state index in [0.29, 0.717) is 0 Å². The van der Waals surface area contributed by atoms with Crippen LogP contribution in [0.4, 0.5) is 26.3 Å². The van der Waals surface area contributed by atoms with Crippen LogP contribution in [0.25, 0.3) is 0 Å². The van der Waals surface area contributed by atoms with Gasteiger partial charge in [0.2, 0.25) is 5.41 Å². The molecule has 1 atom stereocenters. The summed E-state index contributed by atoms with van der Waals surface area (Å²) in [5.41, 5.74) is -5.91. The summed E-state index contributed by atoms with van der Waals surface area (Å²) in [4.78, 5) is 0. The number of methoxy groups -OCH3 is 2. The van der Waals surface area contributed by atoms with Crippen LogP contribution in [0.2, 0.25) is 0 Å². The normalized spacial score (nSPS) is 18.9. The molecule has 0 aliphatic heterocycles. The van der Waals surface area contributed by atoms with Gasteiger partial charge in [0.25, 0.3) is 0 Å². The monoisotopic (exact) mass is 366 g/mol. The van der Waals surface area contributed by atoms with Crippen molar-refractivity contribution in [2.45, 2.75) is 30.3 Å². The van der Waals surface area contributed by atoms with Gasteiger partial charge in [-0.1, -0.05) is 30.4 Å². The van der Waals surface area contributed by atoms with Crippen molar-refractivity contribution in [1.82, 2.24) is 0 Å². The minimum atomic E-state index is -5.59. The Morgan fingerprint density at radius 1 is 0.920 bits per heavy atom. The lowest BCUT2D eigenvalue weighted by molar-refractivity contribution is -0.289. The fourth-order valence-corrected chi connectivity index (χ4v) is 2.88. The van der Waals surface area contributed by atoms with Gasteiger partial charge in [-0.2, -0.15) is 26.3 Å². The fourth-order valence-electron chi connectivity index (χ4n) is 2.88. The Bertz CT molecular complexity index is 641. The van der Waals surface area contributed by atoms with Gasteiger partial charge in [-0.05, 0) is 29.7 Å². The second kappa shape index (κ2) is 6.74. The third kappa shape index (κ3) is 3.27. The topological polar surface area (TPSA) is 18.5 Å². The van der Waals surface area contributed by atoms with Crippen LogP contribution in [-0.2, 0) is 10.2 Å². The van der Waals surface area contributed by atoms with Gasteiger partial charge in [0, 0.05) is 7.11 Å². The van der Waals surface area contributed by atoms with E-state index in [2.05, 4.69) is 0 Å². The highest BCUT2D eigenvalue weighted by Gasteiger charge is 2.73. The first kappa shape index (κ1) is 19.4. The maximum absolute atomic E-state index is 13.8. The number of ether oxygens (including phenoxy) is 2. The second-order valence-electron chi connectivity index (χ2n) is 5.50. The van der Waals surface area contributed by atoms with Gasteiger partial charge in [-0.25, -0.2) is 0 Å². The van der Waals surface area contributed by atoms with Crippen LogP contribution in [0, 0.1) is 0 Å². The van der Waals surface area contributed by atoms with Crippen LogP contribution in [0.15, 0.2) is 48.1 Å². The summed E-state index contributed by atoms with van der Waals surface area (Å²) in [6.07, 6.45) is -8.84. The Balaban J connectivity index is 2.70. The maximum atomic E-state index is 13.8. The van der Waals surface area contributed by atoms with Crippen molar-refractivity contribution < 1.29 is 35.8 Å². The third-order valence-corrected chi connectivity index (χ3v) is 4.17. The minimum Gasteiger partial charge on any atom is -0.497 e. The molecule has 25 heavy (non-hydrogen) atoms. The third-order valence-electron chi connectivity index (χ3n) is 4.17. The minimum absolute atomic E-state index is 0.0770. The SMILES string of the molecule is COc1ccc(C(C2=CCC(OC)C=C2)(C(F)(F)F)C(F)(F)F)cc1. The average molecular weight is 366 g/mol. The van der Waals surface area contributed by atoms with E-state index >= 15 is 0 Å². The Labute approximate surface area is 140 Å². The lowest BCUT2D eigenvalue weighted by atomic mass is 9.71. The van der Waals surface area contributed by atoms with Crippen LogP contribution in [-0.4, -0.2) is 32.7 Å². The van der Waals surface area contributed by atoms with E-state index in [0.717, 1.165) is 36.4 Å². The molecular weight excluding hydrogens is 350 g/mol. The molecule has 0 fully saturated rings. The number of alkyl halides is 6. The largest absolute Gasteiger partial charge is 0.497 e. The van der Waals surface area contributed by atoms with Crippen LogP contribution < -0.4 is 4.74 Å². The van der Waals surface area contributed by atoms with E-state index in [1.54, 1.807) is 0 Å². The summed E-state index contributed by atoms with van der Waals surface area (Å²) in [7, 11) is 2.60. The molecule has 0 N–H and O–H groups in total. The van der Waals surface area contributed by atoms with Crippen LogP contribution in [0.5, 0.6) is 5.75 Å². The first-order valence-corrected chi connectivity index (χ1v) is 7.27. The van der Waals surface area contributed by atoms with Crippen molar-refractivity contribution in [3.63, 3.8) is 0 Å². The zero-order chi connectivity index (χ0) is 18.9. The van der Waals surface area contributed by atoms with Crippen LogP contribution in [0.1, 0.15) is 12.0 Å². The van der Waals surface area contributed by atoms with Crippen LogP contribution >= 0.6 is 0 Å². The van der Waals surface area contributed by atoms with Crippen molar-refractivity contribution in [3.8, 4) is 5.75 Å². The van der Waals surface area contributed by atoms with E-state index in [1.165, 1.54) is 20.3 Å². The molecule has 2 rings (SSSR count). The molecule has 138 valence electrons. The molecule has 0 radical (unpaired) electrons. The molecule has 1 aliphatic carbocycles. The molecule has 0 saturated heterocycles. The molecule has 2 nitrogen and oxygen atoms in total. The predicted molar refractivity (Wildman–Crippen MR) is 79.4 cm³/mol. The number of hydrogen-bond donors (Lipinski definition) is 0. The Hall–Kier alpha value is -1.96. The van der Waals surface area contributed by atoms with Gasteiger partial charge in [-0.3, -0.25) is 0 Å². The second-order valence-corrected chi connectivity index (χ2v) is 5.50. The molecule has 0 amide bonds. The van der Waals surface area contributed by atoms with E-state index < -0.39 is 35.0 Å². The van der Waals surface area contributed by atoms with Gasteiger partial charge in [0.15, 0.2) is 0 Å². The summed E-state index contributed by atoms with van der Waals surface area (Å²) in [6, 6.07) is 3.73. The van der Waals surface area contributed by atoms with Crippen molar-refractivity contribution in [3.05, 3.63) is 53.6 Å². The zero-order valence-corrected chi connectivity index (χ0v) is 13.4. The number of hydrogen-bond acceptors (Lipinski definition) is 2. The number of rotatable bonds is 4. The molecule has 0 saturated carbocycles. The molecule has 1 aromatic rings. The smallest absolute Gasteiger partial charge is 0.411 e. The Morgan fingerprint density at radius 3 is 1.84 bits per heavy atom. The molecule has 1 unspecified atom stereocenters. The summed E-state index contributed by atoms with van der Waals surface area (Å²) < 4.78 is 92.8. The number of allylic oxidation sites excluding steroid dienone is 2. The molecule has 1 aliphatic rings. The summed E-state index contributed by atoms with van der Waals surface area (Å²) in [6.45, 7) is 0. The van der Waals surface area contributed by atoms with Gasteiger partial charge >= 0.3 is 12.4 Å². The Kier molecular flexibility index (Phi) is 5.22. The maximum Gasteiger partial charge on any atom is 0.411 e. The summed E-state index contributed by atoms with van der Waals surface area (Å²) in [5, 5.41) is 0. The number of benzene rings is 1. The van der Waals surface area contributed by atoms with Crippen molar-refractivity contribution in [1.29, 1.82) is 0 Å². The van der Waals surface area contributed by atoms with E-state index in [1.807, 2.05) is 0 Å². The van der Waals surface area contributed by atoms with Gasteiger partial charge < -0.3 is 9.47 Å². The van der Waals surface area contributed by atoms with E-state index in [4.69, 9.17) is 9.47 Å². The first-order chi connectivity index (χ1) is 11.6. The van der Waals surface area contributed by atoms with Crippen molar-refractivity contribution >= 4 is 0 Å².